The molecule has 0 aliphatic rings. The third kappa shape index (κ3) is 4.27. The van der Waals surface area contributed by atoms with Gasteiger partial charge in [0.05, 0.1) is 17.5 Å². The Morgan fingerprint density at radius 1 is 1.12 bits per heavy atom. The van der Waals surface area contributed by atoms with Gasteiger partial charge in [0.15, 0.2) is 5.16 Å². The summed E-state index contributed by atoms with van der Waals surface area (Å²) in [6, 6.07) is 17.5. The largest absolute Gasteiger partial charge is 0.351 e. The maximum Gasteiger partial charge on any atom is 0.252 e. The van der Waals surface area contributed by atoms with Gasteiger partial charge in [-0.05, 0) is 33.6 Å². The molecule has 122 valence electrons. The van der Waals surface area contributed by atoms with E-state index >= 15 is 0 Å². The van der Waals surface area contributed by atoms with E-state index in [0.717, 1.165) is 26.6 Å². The second-order valence-corrected chi connectivity index (χ2v) is 6.99. The minimum absolute atomic E-state index is 0.0764. The first-order valence-electron chi connectivity index (χ1n) is 7.50. The van der Waals surface area contributed by atoms with Crippen molar-refractivity contribution in [3.63, 3.8) is 0 Å². The summed E-state index contributed by atoms with van der Waals surface area (Å²) in [5.74, 6) is 0.672. The fraction of sp³-hybridized carbons (Fsp3) is 0.111. The molecule has 6 heteroatoms. The lowest BCUT2D eigenvalue weighted by Crippen LogP contribution is -2.26. The molecule has 0 fully saturated rings. The summed E-state index contributed by atoms with van der Waals surface area (Å²) in [5, 5.41) is 3.77. The van der Waals surface area contributed by atoms with E-state index in [2.05, 4.69) is 31.2 Å². The van der Waals surface area contributed by atoms with E-state index in [-0.39, 0.29) is 5.91 Å². The number of carbonyl (C=O) groups excluding carboxylic acids is 1. The first-order valence-corrected chi connectivity index (χ1v) is 9.28. The van der Waals surface area contributed by atoms with Gasteiger partial charge < -0.3 is 10.3 Å². The Morgan fingerprint density at radius 2 is 1.88 bits per heavy atom. The molecule has 0 saturated heterocycles. The van der Waals surface area contributed by atoms with Crippen molar-refractivity contribution in [1.29, 1.82) is 0 Å². The van der Waals surface area contributed by atoms with Crippen LogP contribution in [0.4, 0.5) is 0 Å². The van der Waals surface area contributed by atoms with E-state index in [1.165, 1.54) is 0 Å². The van der Waals surface area contributed by atoms with Crippen LogP contribution in [0.25, 0.3) is 11.3 Å². The Kier molecular flexibility index (Phi) is 5.72. The molecule has 0 radical (unpaired) electrons. The molecule has 0 bridgehead atoms. The van der Waals surface area contributed by atoms with Crippen LogP contribution in [0.15, 0.2) is 70.4 Å². The topological polar surface area (TPSA) is 57.8 Å². The zero-order chi connectivity index (χ0) is 16.8. The number of carbonyl (C=O) groups is 1. The Bertz CT molecular complexity index is 820. The van der Waals surface area contributed by atoms with Crippen LogP contribution >= 0.6 is 27.7 Å². The average Bonchev–Trinajstić information content (AvgIpc) is 3.09. The molecule has 4 nitrogen and oxygen atoms in total. The average molecular weight is 402 g/mol. The Morgan fingerprint density at radius 3 is 2.67 bits per heavy atom. The molecular formula is C18H16BrN3OS. The van der Waals surface area contributed by atoms with Crippen LogP contribution < -0.4 is 5.32 Å². The van der Waals surface area contributed by atoms with Crippen LogP contribution in [0.1, 0.15) is 10.4 Å². The molecule has 0 aliphatic heterocycles. The number of hydrogen-bond acceptors (Lipinski definition) is 3. The van der Waals surface area contributed by atoms with Crippen LogP contribution in [0.2, 0.25) is 0 Å². The van der Waals surface area contributed by atoms with Gasteiger partial charge in [-0.2, -0.15) is 0 Å². The molecule has 0 unspecified atom stereocenters. The number of rotatable bonds is 6. The number of imidazole rings is 1. The van der Waals surface area contributed by atoms with E-state index in [9.17, 15) is 4.79 Å². The van der Waals surface area contributed by atoms with Gasteiger partial charge in [-0.3, -0.25) is 4.79 Å². The van der Waals surface area contributed by atoms with E-state index < -0.39 is 0 Å². The van der Waals surface area contributed by atoms with Gasteiger partial charge in [0.1, 0.15) is 0 Å². The third-order valence-corrected chi connectivity index (χ3v) is 4.96. The quantitative estimate of drug-likeness (QED) is 0.476. The number of benzene rings is 2. The lowest BCUT2D eigenvalue weighted by Gasteiger charge is -2.06. The Balaban J connectivity index is 1.48. The smallest absolute Gasteiger partial charge is 0.252 e. The van der Waals surface area contributed by atoms with Crippen molar-refractivity contribution in [2.75, 3.05) is 12.3 Å². The van der Waals surface area contributed by atoms with Crippen LogP contribution in [0, 0.1) is 0 Å². The van der Waals surface area contributed by atoms with E-state index in [0.29, 0.717) is 12.1 Å². The predicted molar refractivity (Wildman–Crippen MR) is 101 cm³/mol. The minimum Gasteiger partial charge on any atom is -0.351 e. The molecule has 3 aromatic rings. The zero-order valence-electron chi connectivity index (χ0n) is 12.8. The van der Waals surface area contributed by atoms with Crippen molar-refractivity contribution in [2.24, 2.45) is 0 Å². The molecular weight excluding hydrogens is 386 g/mol. The summed E-state index contributed by atoms with van der Waals surface area (Å²) >= 11 is 4.97. The number of halogens is 1. The molecule has 0 atom stereocenters. The first kappa shape index (κ1) is 16.8. The number of aromatic nitrogens is 2. The van der Waals surface area contributed by atoms with E-state index in [1.54, 1.807) is 17.8 Å². The molecule has 24 heavy (non-hydrogen) atoms. The summed E-state index contributed by atoms with van der Waals surface area (Å²) < 4.78 is 0.800. The summed E-state index contributed by atoms with van der Waals surface area (Å²) in [6.07, 6.45) is 1.83. The fourth-order valence-corrected chi connectivity index (χ4v) is 3.37. The number of aromatic amines is 1. The number of amides is 1. The van der Waals surface area contributed by atoms with Crippen molar-refractivity contribution >= 4 is 33.6 Å². The van der Waals surface area contributed by atoms with Gasteiger partial charge in [-0.15, -0.1) is 0 Å². The van der Waals surface area contributed by atoms with Crippen molar-refractivity contribution in [2.45, 2.75) is 5.16 Å². The second kappa shape index (κ2) is 8.17. The Labute approximate surface area is 153 Å². The summed E-state index contributed by atoms with van der Waals surface area (Å²) in [5.41, 5.74) is 2.75. The molecule has 0 aliphatic carbocycles. The zero-order valence-corrected chi connectivity index (χ0v) is 15.2. The van der Waals surface area contributed by atoms with Crippen molar-refractivity contribution in [1.82, 2.24) is 15.3 Å². The van der Waals surface area contributed by atoms with Crippen molar-refractivity contribution in [3.05, 3.63) is 70.8 Å². The van der Waals surface area contributed by atoms with Gasteiger partial charge in [0.25, 0.3) is 5.91 Å². The van der Waals surface area contributed by atoms with Crippen LogP contribution in [-0.2, 0) is 0 Å². The lowest BCUT2D eigenvalue weighted by atomic mass is 10.2. The van der Waals surface area contributed by atoms with Gasteiger partial charge >= 0.3 is 0 Å². The maximum atomic E-state index is 12.1. The van der Waals surface area contributed by atoms with Crippen LogP contribution in [0.5, 0.6) is 0 Å². The minimum atomic E-state index is -0.0764. The molecule has 3 rings (SSSR count). The lowest BCUT2D eigenvalue weighted by molar-refractivity contribution is 0.0955. The van der Waals surface area contributed by atoms with Gasteiger partial charge in [-0.1, -0.05) is 54.2 Å². The van der Waals surface area contributed by atoms with Crippen LogP contribution in [-0.4, -0.2) is 28.2 Å². The monoisotopic (exact) mass is 401 g/mol. The molecule has 0 spiro atoms. The highest BCUT2D eigenvalue weighted by molar-refractivity contribution is 9.10. The predicted octanol–water partition coefficient (Wildman–Crippen LogP) is 4.36. The van der Waals surface area contributed by atoms with Gasteiger partial charge in [-0.25, -0.2) is 4.98 Å². The molecule has 1 amide bonds. The Hall–Kier alpha value is -2.05. The van der Waals surface area contributed by atoms with E-state index in [4.69, 9.17) is 0 Å². The number of nitrogens with zero attached hydrogens (tertiary/aromatic N) is 1. The molecule has 2 N–H and O–H groups in total. The maximum absolute atomic E-state index is 12.1. The SMILES string of the molecule is O=C(NCCSc1ncc(-c2ccccc2)[nH]1)c1ccccc1Br. The second-order valence-electron chi connectivity index (χ2n) is 5.05. The fourth-order valence-electron chi connectivity index (χ4n) is 2.19. The molecule has 1 aromatic heterocycles. The molecule has 0 saturated carbocycles. The summed E-state index contributed by atoms with van der Waals surface area (Å²) in [4.78, 5) is 19.8. The third-order valence-electron chi connectivity index (χ3n) is 3.38. The number of hydrogen-bond donors (Lipinski definition) is 2. The normalized spacial score (nSPS) is 10.5. The highest BCUT2D eigenvalue weighted by Gasteiger charge is 2.08. The van der Waals surface area contributed by atoms with Gasteiger partial charge in [0, 0.05) is 16.8 Å². The highest BCUT2D eigenvalue weighted by atomic mass is 79.9. The standard InChI is InChI=1S/C18H16BrN3OS/c19-15-9-5-4-8-14(15)17(23)20-10-11-24-18-21-12-16(22-18)13-6-2-1-3-7-13/h1-9,12H,10-11H2,(H,20,23)(H,21,22). The molecule has 2 aromatic carbocycles. The number of thioether (sulfide) groups is 1. The van der Waals surface area contributed by atoms with Crippen molar-refractivity contribution in [3.8, 4) is 11.3 Å². The summed E-state index contributed by atoms with van der Waals surface area (Å²) in [6.45, 7) is 0.576. The van der Waals surface area contributed by atoms with Crippen LogP contribution in [0.3, 0.4) is 0 Å². The number of nitrogens with one attached hydrogen (secondary N) is 2. The first-order chi connectivity index (χ1) is 11.7. The molecule has 1 heterocycles. The number of H-pyrrole nitrogens is 1. The van der Waals surface area contributed by atoms with Gasteiger partial charge in [0.2, 0.25) is 0 Å². The van der Waals surface area contributed by atoms with Crippen molar-refractivity contribution < 1.29 is 4.79 Å². The highest BCUT2D eigenvalue weighted by Crippen LogP contribution is 2.21. The summed E-state index contributed by atoms with van der Waals surface area (Å²) in [7, 11) is 0. The van der Waals surface area contributed by atoms with E-state index in [1.807, 2.05) is 54.7 Å².